The van der Waals surface area contributed by atoms with Crippen molar-refractivity contribution in [2.24, 2.45) is 4.99 Å². The Labute approximate surface area is 155 Å². The summed E-state index contributed by atoms with van der Waals surface area (Å²) in [4.78, 5) is 14.8. The molecule has 0 aliphatic heterocycles. The molecule has 5 nitrogen and oxygen atoms in total. The van der Waals surface area contributed by atoms with Crippen LogP contribution in [-0.4, -0.2) is 11.1 Å². The van der Waals surface area contributed by atoms with Gasteiger partial charge in [0.2, 0.25) is 0 Å². The highest BCUT2D eigenvalue weighted by Crippen LogP contribution is 2.29. The number of nitro benzene ring substituents is 1. The van der Waals surface area contributed by atoms with Gasteiger partial charge in [0.25, 0.3) is 5.69 Å². The zero-order valence-corrected chi connectivity index (χ0v) is 14.5. The summed E-state index contributed by atoms with van der Waals surface area (Å²) in [5, 5.41) is 11.1. The highest BCUT2D eigenvalue weighted by atomic mass is 35.5. The number of nitrogens with zero attached hydrogens (tertiary/aromatic N) is 2. The van der Waals surface area contributed by atoms with Crippen LogP contribution in [0.5, 0.6) is 5.75 Å². The number of para-hydroxylation sites is 1. The van der Waals surface area contributed by atoms with Gasteiger partial charge in [0, 0.05) is 17.8 Å². The minimum absolute atomic E-state index is 0.0838. The van der Waals surface area contributed by atoms with Crippen molar-refractivity contribution in [2.75, 3.05) is 0 Å². The number of nitro groups is 1. The van der Waals surface area contributed by atoms with Crippen molar-refractivity contribution in [3.8, 4) is 5.75 Å². The number of benzene rings is 3. The first kappa shape index (κ1) is 17.6. The maximum Gasteiger partial charge on any atom is 0.290 e. The van der Waals surface area contributed by atoms with Crippen LogP contribution in [0.4, 0.5) is 11.4 Å². The van der Waals surface area contributed by atoms with Crippen molar-refractivity contribution in [2.45, 2.75) is 6.61 Å². The fourth-order valence-electron chi connectivity index (χ4n) is 2.32. The molecule has 3 rings (SSSR count). The lowest BCUT2D eigenvalue weighted by molar-refractivity contribution is -0.384. The maximum absolute atomic E-state index is 11.0. The van der Waals surface area contributed by atoms with Crippen LogP contribution in [-0.2, 0) is 6.61 Å². The zero-order valence-electron chi connectivity index (χ0n) is 13.7. The fraction of sp³-hybridized carbons (Fsp3) is 0.0500. The average Bonchev–Trinajstić information content (AvgIpc) is 2.67. The highest BCUT2D eigenvalue weighted by Gasteiger charge is 2.12. The first-order valence-electron chi connectivity index (χ1n) is 7.87. The Hall–Kier alpha value is -3.18. The number of hydrogen-bond acceptors (Lipinski definition) is 4. The smallest absolute Gasteiger partial charge is 0.290 e. The van der Waals surface area contributed by atoms with Crippen LogP contribution < -0.4 is 4.74 Å². The normalized spacial score (nSPS) is 10.8. The van der Waals surface area contributed by atoms with E-state index in [1.807, 2.05) is 54.6 Å². The van der Waals surface area contributed by atoms with Crippen molar-refractivity contribution in [3.63, 3.8) is 0 Å². The molecule has 0 saturated heterocycles. The lowest BCUT2D eigenvalue weighted by atomic mass is 10.2. The highest BCUT2D eigenvalue weighted by molar-refractivity contribution is 6.32. The maximum atomic E-state index is 11.0. The van der Waals surface area contributed by atoms with Crippen molar-refractivity contribution >= 4 is 29.2 Å². The molecule has 0 aliphatic carbocycles. The molecule has 0 heterocycles. The molecular weight excluding hydrogens is 352 g/mol. The molecule has 3 aromatic carbocycles. The van der Waals surface area contributed by atoms with Crippen molar-refractivity contribution in [3.05, 3.63) is 99.1 Å². The monoisotopic (exact) mass is 366 g/mol. The first-order valence-corrected chi connectivity index (χ1v) is 8.25. The predicted molar refractivity (Wildman–Crippen MR) is 103 cm³/mol. The van der Waals surface area contributed by atoms with Crippen LogP contribution in [0.1, 0.15) is 11.1 Å². The summed E-state index contributed by atoms with van der Waals surface area (Å²) >= 11 is 5.82. The van der Waals surface area contributed by atoms with E-state index >= 15 is 0 Å². The molecule has 6 heteroatoms. The van der Waals surface area contributed by atoms with E-state index in [-0.39, 0.29) is 10.7 Å². The number of aliphatic imine (C=N–C) groups is 1. The predicted octanol–water partition coefficient (Wildman–Crippen LogP) is 5.58. The van der Waals surface area contributed by atoms with Crippen molar-refractivity contribution in [1.82, 2.24) is 0 Å². The van der Waals surface area contributed by atoms with Gasteiger partial charge in [0.05, 0.1) is 10.6 Å². The summed E-state index contributed by atoms with van der Waals surface area (Å²) < 4.78 is 5.87. The molecule has 0 atom stereocenters. The quantitative estimate of drug-likeness (QED) is 0.325. The van der Waals surface area contributed by atoms with E-state index in [9.17, 15) is 10.1 Å². The molecule has 0 fully saturated rings. The Balaban J connectivity index is 1.79. The standard InChI is InChI=1S/C20H15ClN2O3/c21-18-11-10-17(12-19(18)23(24)25)22-13-16-8-4-5-9-20(16)26-14-15-6-2-1-3-7-15/h1-13H,14H2. The summed E-state index contributed by atoms with van der Waals surface area (Å²) in [5.41, 5.74) is 2.11. The van der Waals surface area contributed by atoms with Crippen molar-refractivity contribution in [1.29, 1.82) is 0 Å². The molecule has 0 radical (unpaired) electrons. The molecule has 0 amide bonds. The summed E-state index contributed by atoms with van der Waals surface area (Å²) in [5.74, 6) is 0.684. The van der Waals surface area contributed by atoms with Gasteiger partial charge in [-0.15, -0.1) is 0 Å². The van der Waals surface area contributed by atoms with E-state index < -0.39 is 4.92 Å². The van der Waals surface area contributed by atoms with Gasteiger partial charge < -0.3 is 4.74 Å². The third-order valence-corrected chi connectivity index (χ3v) is 3.95. The molecule has 0 aliphatic rings. The second-order valence-electron chi connectivity index (χ2n) is 5.46. The minimum atomic E-state index is -0.529. The number of halogens is 1. The van der Waals surface area contributed by atoms with Gasteiger partial charge in [-0.3, -0.25) is 15.1 Å². The Morgan fingerprint density at radius 2 is 1.77 bits per heavy atom. The van der Waals surface area contributed by atoms with Crippen LogP contribution in [0.2, 0.25) is 5.02 Å². The Morgan fingerprint density at radius 1 is 1.04 bits per heavy atom. The minimum Gasteiger partial charge on any atom is -0.488 e. The molecule has 0 spiro atoms. The molecule has 0 unspecified atom stereocenters. The molecule has 0 saturated carbocycles. The van der Waals surface area contributed by atoms with Gasteiger partial charge in [-0.2, -0.15) is 0 Å². The van der Waals surface area contributed by atoms with Gasteiger partial charge in [-0.25, -0.2) is 0 Å². The van der Waals surface area contributed by atoms with E-state index in [0.717, 1.165) is 11.1 Å². The molecule has 130 valence electrons. The summed E-state index contributed by atoms with van der Waals surface area (Å²) in [6, 6.07) is 21.8. The van der Waals surface area contributed by atoms with E-state index in [1.165, 1.54) is 12.1 Å². The molecule has 26 heavy (non-hydrogen) atoms. The second kappa shape index (κ2) is 8.27. The molecule has 0 bridgehead atoms. The molecule has 3 aromatic rings. The van der Waals surface area contributed by atoms with Gasteiger partial charge in [-0.1, -0.05) is 54.1 Å². The van der Waals surface area contributed by atoms with Crippen LogP contribution in [0.15, 0.2) is 77.8 Å². The van der Waals surface area contributed by atoms with Crippen LogP contribution in [0, 0.1) is 10.1 Å². The van der Waals surface area contributed by atoms with Gasteiger partial charge in [0.15, 0.2) is 0 Å². The van der Waals surface area contributed by atoms with Gasteiger partial charge in [0.1, 0.15) is 17.4 Å². The first-order chi connectivity index (χ1) is 12.6. The number of hydrogen-bond donors (Lipinski definition) is 0. The molecular formula is C20H15ClN2O3. The topological polar surface area (TPSA) is 64.7 Å². The largest absolute Gasteiger partial charge is 0.488 e. The van der Waals surface area contributed by atoms with Gasteiger partial charge in [-0.05, 0) is 29.8 Å². The summed E-state index contributed by atoms with van der Waals surface area (Å²) in [7, 11) is 0. The lowest BCUT2D eigenvalue weighted by Gasteiger charge is -2.09. The molecule has 0 aromatic heterocycles. The number of ether oxygens (including phenoxy) is 1. The van der Waals surface area contributed by atoms with E-state index in [1.54, 1.807) is 12.3 Å². The van der Waals surface area contributed by atoms with Crippen molar-refractivity contribution < 1.29 is 9.66 Å². The molecule has 0 N–H and O–H groups in total. The lowest BCUT2D eigenvalue weighted by Crippen LogP contribution is -1.98. The van der Waals surface area contributed by atoms with E-state index in [0.29, 0.717) is 18.0 Å². The summed E-state index contributed by atoms with van der Waals surface area (Å²) in [6.45, 7) is 0.443. The van der Waals surface area contributed by atoms with Crippen LogP contribution in [0.25, 0.3) is 0 Å². The zero-order chi connectivity index (χ0) is 18.4. The van der Waals surface area contributed by atoms with E-state index in [2.05, 4.69) is 4.99 Å². The van der Waals surface area contributed by atoms with Crippen LogP contribution >= 0.6 is 11.6 Å². The Kier molecular flexibility index (Phi) is 5.61. The third kappa shape index (κ3) is 4.46. The Bertz CT molecular complexity index is 943. The number of rotatable bonds is 6. The van der Waals surface area contributed by atoms with Gasteiger partial charge >= 0.3 is 0 Å². The van der Waals surface area contributed by atoms with Crippen LogP contribution in [0.3, 0.4) is 0 Å². The van der Waals surface area contributed by atoms with E-state index in [4.69, 9.17) is 16.3 Å². The second-order valence-corrected chi connectivity index (χ2v) is 5.87. The third-order valence-electron chi connectivity index (χ3n) is 3.64. The average molecular weight is 367 g/mol. The Morgan fingerprint density at radius 3 is 2.54 bits per heavy atom. The summed E-state index contributed by atoms with van der Waals surface area (Å²) in [6.07, 6.45) is 1.62. The fourth-order valence-corrected chi connectivity index (χ4v) is 2.51. The SMILES string of the molecule is O=[N+]([O-])c1cc(N=Cc2ccccc2OCc2ccccc2)ccc1Cl.